The number of hydrogen-bond acceptors (Lipinski definition) is 5. The van der Waals surface area contributed by atoms with Crippen molar-refractivity contribution in [3.05, 3.63) is 24.0 Å². The van der Waals surface area contributed by atoms with E-state index in [0.717, 1.165) is 5.82 Å². The van der Waals surface area contributed by atoms with Gasteiger partial charge in [-0.2, -0.15) is 0 Å². The van der Waals surface area contributed by atoms with Crippen LogP contribution in [0.3, 0.4) is 0 Å². The Balaban J connectivity index is 2.04. The minimum absolute atomic E-state index is 0.0806. The van der Waals surface area contributed by atoms with Crippen LogP contribution in [-0.2, 0) is 17.8 Å². The van der Waals surface area contributed by atoms with Gasteiger partial charge in [-0.3, -0.25) is 4.79 Å². The first kappa shape index (κ1) is 12.5. The monoisotopic (exact) mass is 275 g/mol. The van der Waals surface area contributed by atoms with Gasteiger partial charge in [0.15, 0.2) is 5.82 Å². The predicted octanol–water partition coefficient (Wildman–Crippen LogP) is 1.00. The summed E-state index contributed by atoms with van der Waals surface area (Å²) in [6, 6.07) is 4.14. The highest BCUT2D eigenvalue weighted by molar-refractivity contribution is 5.70. The first-order valence-corrected chi connectivity index (χ1v) is 6.23. The number of aromatic hydroxyl groups is 2. The van der Waals surface area contributed by atoms with E-state index < -0.39 is 11.9 Å². The van der Waals surface area contributed by atoms with Crippen LogP contribution in [0.25, 0.3) is 11.4 Å². The molecule has 0 saturated carbocycles. The molecule has 2 heterocycles. The largest absolute Gasteiger partial charge is 0.508 e. The Morgan fingerprint density at radius 3 is 2.55 bits per heavy atom. The molecule has 2 aromatic rings. The summed E-state index contributed by atoms with van der Waals surface area (Å²) in [5.41, 5.74) is 0.507. The summed E-state index contributed by atoms with van der Waals surface area (Å²) in [5.74, 6) is -0.291. The molecule has 1 unspecified atom stereocenters. The van der Waals surface area contributed by atoms with Gasteiger partial charge in [-0.15, -0.1) is 10.2 Å². The van der Waals surface area contributed by atoms with Gasteiger partial charge in [0.2, 0.25) is 0 Å². The maximum Gasteiger partial charge on any atom is 0.308 e. The van der Waals surface area contributed by atoms with Gasteiger partial charge in [-0.1, -0.05) is 0 Å². The Hall–Kier alpha value is -2.57. The molecule has 0 aliphatic carbocycles. The summed E-state index contributed by atoms with van der Waals surface area (Å²) in [6.45, 7) is 0.295. The van der Waals surface area contributed by atoms with E-state index in [0.29, 0.717) is 30.8 Å². The summed E-state index contributed by atoms with van der Waals surface area (Å²) >= 11 is 0. The second kappa shape index (κ2) is 4.52. The summed E-state index contributed by atoms with van der Waals surface area (Å²) in [7, 11) is 0. The van der Waals surface area contributed by atoms with Gasteiger partial charge in [0.05, 0.1) is 5.92 Å². The van der Waals surface area contributed by atoms with Crippen molar-refractivity contribution in [1.82, 2.24) is 14.8 Å². The second-order valence-corrected chi connectivity index (χ2v) is 4.86. The van der Waals surface area contributed by atoms with Crippen molar-refractivity contribution in [3.63, 3.8) is 0 Å². The maximum absolute atomic E-state index is 11.1. The SMILES string of the molecule is O=C(O)C1CCc2nnc(-c3cc(O)cc(O)c3)n2C1. The average molecular weight is 275 g/mol. The number of benzene rings is 1. The highest BCUT2D eigenvalue weighted by atomic mass is 16.4. The van der Waals surface area contributed by atoms with Crippen molar-refractivity contribution in [2.45, 2.75) is 19.4 Å². The van der Waals surface area contributed by atoms with E-state index in [1.807, 2.05) is 0 Å². The number of aromatic nitrogens is 3. The molecule has 3 rings (SSSR count). The molecule has 1 atom stereocenters. The van der Waals surface area contributed by atoms with E-state index in [-0.39, 0.29) is 11.5 Å². The van der Waals surface area contributed by atoms with Gasteiger partial charge in [-0.05, 0) is 18.6 Å². The smallest absolute Gasteiger partial charge is 0.308 e. The third-order valence-corrected chi connectivity index (χ3v) is 3.46. The van der Waals surface area contributed by atoms with Gasteiger partial charge < -0.3 is 19.9 Å². The van der Waals surface area contributed by atoms with Crippen LogP contribution in [-0.4, -0.2) is 36.1 Å². The van der Waals surface area contributed by atoms with Gasteiger partial charge in [0.25, 0.3) is 0 Å². The molecule has 20 heavy (non-hydrogen) atoms. The Kier molecular flexibility index (Phi) is 2.81. The third-order valence-electron chi connectivity index (χ3n) is 3.46. The number of rotatable bonds is 2. The second-order valence-electron chi connectivity index (χ2n) is 4.86. The van der Waals surface area contributed by atoms with E-state index in [1.54, 1.807) is 4.57 Å². The van der Waals surface area contributed by atoms with Gasteiger partial charge in [-0.25, -0.2) is 0 Å². The molecule has 104 valence electrons. The lowest BCUT2D eigenvalue weighted by molar-refractivity contribution is -0.142. The molecule has 1 aromatic carbocycles. The Morgan fingerprint density at radius 2 is 1.90 bits per heavy atom. The molecule has 7 heteroatoms. The number of carboxylic acids is 1. The first-order chi connectivity index (χ1) is 9.54. The van der Waals surface area contributed by atoms with Gasteiger partial charge in [0, 0.05) is 24.6 Å². The number of phenols is 2. The fourth-order valence-electron chi connectivity index (χ4n) is 2.47. The van der Waals surface area contributed by atoms with Crippen molar-refractivity contribution in [2.24, 2.45) is 5.92 Å². The van der Waals surface area contributed by atoms with Crippen LogP contribution in [0.15, 0.2) is 18.2 Å². The van der Waals surface area contributed by atoms with E-state index in [9.17, 15) is 15.0 Å². The standard InChI is InChI=1S/C13H13N3O4/c17-9-3-8(4-10(18)5-9)12-15-14-11-2-1-7(13(19)20)6-16(11)12/h3-5,7,17-18H,1-2,6H2,(H,19,20). The summed E-state index contributed by atoms with van der Waals surface area (Å²) in [5, 5.41) is 36.3. The Bertz CT molecular complexity index is 660. The highest BCUT2D eigenvalue weighted by Gasteiger charge is 2.27. The first-order valence-electron chi connectivity index (χ1n) is 6.23. The Morgan fingerprint density at radius 1 is 1.20 bits per heavy atom. The molecule has 1 aliphatic rings. The number of carboxylic acid groups (broad SMARTS) is 1. The summed E-state index contributed by atoms with van der Waals surface area (Å²) < 4.78 is 1.73. The molecule has 3 N–H and O–H groups in total. The number of phenolic OH excluding ortho intramolecular Hbond substituents is 2. The quantitative estimate of drug-likeness (QED) is 0.754. The lowest BCUT2D eigenvalue weighted by Crippen LogP contribution is -2.27. The van der Waals surface area contributed by atoms with Gasteiger partial charge >= 0.3 is 5.97 Å². The van der Waals surface area contributed by atoms with E-state index >= 15 is 0 Å². The lowest BCUT2D eigenvalue weighted by atomic mass is 9.99. The molecule has 0 fully saturated rings. The van der Waals surface area contributed by atoms with Crippen molar-refractivity contribution < 1.29 is 20.1 Å². The zero-order chi connectivity index (χ0) is 14.3. The molecule has 0 radical (unpaired) electrons. The van der Waals surface area contributed by atoms with Crippen molar-refractivity contribution >= 4 is 5.97 Å². The lowest BCUT2D eigenvalue weighted by Gasteiger charge is -2.21. The van der Waals surface area contributed by atoms with Crippen molar-refractivity contribution in [2.75, 3.05) is 0 Å². The molecular weight excluding hydrogens is 262 g/mol. The molecule has 0 bridgehead atoms. The molecule has 0 amide bonds. The molecule has 0 spiro atoms. The van der Waals surface area contributed by atoms with Crippen LogP contribution < -0.4 is 0 Å². The molecule has 1 aromatic heterocycles. The predicted molar refractivity (Wildman–Crippen MR) is 68.2 cm³/mol. The van der Waals surface area contributed by atoms with Crippen LogP contribution in [0.4, 0.5) is 0 Å². The van der Waals surface area contributed by atoms with Crippen LogP contribution in [0, 0.1) is 5.92 Å². The van der Waals surface area contributed by atoms with Gasteiger partial charge in [0.1, 0.15) is 17.3 Å². The number of carbonyl (C=O) groups is 1. The molecule has 0 saturated heterocycles. The minimum Gasteiger partial charge on any atom is -0.508 e. The minimum atomic E-state index is -0.839. The molecule has 1 aliphatic heterocycles. The van der Waals surface area contributed by atoms with Crippen molar-refractivity contribution in [1.29, 1.82) is 0 Å². The highest BCUT2D eigenvalue weighted by Crippen LogP contribution is 2.30. The number of hydrogen-bond donors (Lipinski definition) is 3. The van der Waals surface area contributed by atoms with Crippen LogP contribution >= 0.6 is 0 Å². The number of nitrogens with zero attached hydrogens (tertiary/aromatic N) is 3. The van der Waals surface area contributed by atoms with Crippen LogP contribution in [0.1, 0.15) is 12.2 Å². The third kappa shape index (κ3) is 2.07. The zero-order valence-corrected chi connectivity index (χ0v) is 10.5. The van der Waals surface area contributed by atoms with E-state index in [4.69, 9.17) is 5.11 Å². The van der Waals surface area contributed by atoms with E-state index in [1.165, 1.54) is 18.2 Å². The topological polar surface area (TPSA) is 108 Å². The Labute approximate surface area is 114 Å². The maximum atomic E-state index is 11.1. The fourth-order valence-corrected chi connectivity index (χ4v) is 2.47. The van der Waals surface area contributed by atoms with E-state index in [2.05, 4.69) is 10.2 Å². The number of fused-ring (bicyclic) bond motifs is 1. The summed E-state index contributed by atoms with van der Waals surface area (Å²) in [4.78, 5) is 11.1. The summed E-state index contributed by atoms with van der Waals surface area (Å²) in [6.07, 6.45) is 1.09. The number of aryl methyl sites for hydroxylation is 1. The van der Waals surface area contributed by atoms with Crippen molar-refractivity contribution in [3.8, 4) is 22.9 Å². The fraction of sp³-hybridized carbons (Fsp3) is 0.308. The zero-order valence-electron chi connectivity index (χ0n) is 10.5. The van der Waals surface area contributed by atoms with Crippen LogP contribution in [0.2, 0.25) is 0 Å². The van der Waals surface area contributed by atoms with Crippen LogP contribution in [0.5, 0.6) is 11.5 Å². The number of aliphatic carboxylic acids is 1. The normalized spacial score (nSPS) is 17.7. The average Bonchev–Trinajstić information content (AvgIpc) is 2.80. The molecule has 7 nitrogen and oxygen atoms in total. The molecular formula is C13H13N3O4.